The van der Waals surface area contributed by atoms with E-state index in [4.69, 9.17) is 0 Å². The van der Waals surface area contributed by atoms with Crippen LogP contribution in [-0.2, 0) is 11.2 Å². The molecule has 0 aliphatic carbocycles. The minimum absolute atomic E-state index is 0.0609. The fraction of sp³-hybridized carbons (Fsp3) is 0.389. The van der Waals surface area contributed by atoms with Crippen LogP contribution in [0.1, 0.15) is 33.3 Å². The lowest BCUT2D eigenvalue weighted by atomic mass is 9.81. The van der Waals surface area contributed by atoms with Crippen LogP contribution < -0.4 is 0 Å². The Morgan fingerprint density at radius 2 is 1.68 bits per heavy atom. The molecule has 0 aromatic heterocycles. The van der Waals surface area contributed by atoms with Gasteiger partial charge < -0.3 is 0 Å². The molecule has 0 fully saturated rings. The zero-order valence-electron chi connectivity index (χ0n) is 12.2. The summed E-state index contributed by atoms with van der Waals surface area (Å²) in [5, 5.41) is 2.51. The molecule has 0 N–H and O–H groups in total. The van der Waals surface area contributed by atoms with Crippen molar-refractivity contribution in [3.05, 3.63) is 48.0 Å². The summed E-state index contributed by atoms with van der Waals surface area (Å²) in [5.74, 6) is 0.395. The summed E-state index contributed by atoms with van der Waals surface area (Å²) in [6.45, 7) is 8.02. The summed E-state index contributed by atoms with van der Waals surface area (Å²) in [6.07, 6.45) is 0.817. The van der Waals surface area contributed by atoms with Gasteiger partial charge in [-0.15, -0.1) is 0 Å². The van der Waals surface area contributed by atoms with Gasteiger partial charge in [-0.2, -0.15) is 0 Å². The Morgan fingerprint density at radius 3 is 2.37 bits per heavy atom. The summed E-state index contributed by atoms with van der Waals surface area (Å²) >= 11 is 0. The monoisotopic (exact) mass is 254 g/mol. The van der Waals surface area contributed by atoms with Gasteiger partial charge >= 0.3 is 0 Å². The standard InChI is InChI=1S/C18H22O/c1-13(17(19)18(2,3)4)12-15-10-7-9-14-8-5-6-11-16(14)15/h5-11,13H,12H2,1-4H3. The third kappa shape index (κ3) is 3.04. The van der Waals surface area contributed by atoms with Gasteiger partial charge in [0, 0.05) is 11.3 Å². The maximum absolute atomic E-state index is 12.3. The van der Waals surface area contributed by atoms with Crippen molar-refractivity contribution >= 4 is 16.6 Å². The fourth-order valence-corrected chi connectivity index (χ4v) is 2.63. The number of ketones is 1. The molecule has 0 heterocycles. The van der Waals surface area contributed by atoms with Crippen molar-refractivity contribution in [2.24, 2.45) is 11.3 Å². The van der Waals surface area contributed by atoms with Crippen molar-refractivity contribution in [3.63, 3.8) is 0 Å². The van der Waals surface area contributed by atoms with E-state index in [-0.39, 0.29) is 11.3 Å². The number of benzene rings is 2. The van der Waals surface area contributed by atoms with Crippen LogP contribution in [0.3, 0.4) is 0 Å². The third-order valence-electron chi connectivity index (χ3n) is 3.59. The molecular formula is C18H22O. The average Bonchev–Trinajstić information content (AvgIpc) is 2.37. The molecule has 0 aliphatic heterocycles. The van der Waals surface area contributed by atoms with Gasteiger partial charge in [-0.05, 0) is 22.8 Å². The molecule has 0 bridgehead atoms. The maximum atomic E-state index is 12.3. The second kappa shape index (κ2) is 5.16. The molecule has 2 rings (SSSR count). The molecule has 19 heavy (non-hydrogen) atoms. The molecule has 1 nitrogen and oxygen atoms in total. The Labute approximate surface area is 115 Å². The van der Waals surface area contributed by atoms with Gasteiger partial charge in [-0.3, -0.25) is 4.79 Å². The number of carbonyl (C=O) groups excluding carboxylic acids is 1. The van der Waals surface area contributed by atoms with Crippen LogP contribution in [0.2, 0.25) is 0 Å². The predicted molar refractivity (Wildman–Crippen MR) is 81.3 cm³/mol. The van der Waals surface area contributed by atoms with E-state index in [1.165, 1.54) is 16.3 Å². The Kier molecular flexibility index (Phi) is 3.75. The molecule has 1 unspecified atom stereocenters. The molecule has 0 amide bonds. The number of hydrogen-bond donors (Lipinski definition) is 0. The van der Waals surface area contributed by atoms with E-state index in [2.05, 4.69) is 42.5 Å². The van der Waals surface area contributed by atoms with Crippen LogP contribution in [0.25, 0.3) is 10.8 Å². The third-order valence-corrected chi connectivity index (χ3v) is 3.59. The van der Waals surface area contributed by atoms with Crippen molar-refractivity contribution < 1.29 is 4.79 Å². The van der Waals surface area contributed by atoms with Crippen molar-refractivity contribution in [1.29, 1.82) is 0 Å². The minimum atomic E-state index is -0.260. The molecule has 0 saturated carbocycles. The van der Waals surface area contributed by atoms with Gasteiger partial charge in [-0.25, -0.2) is 0 Å². The lowest BCUT2D eigenvalue weighted by molar-refractivity contribution is -0.129. The topological polar surface area (TPSA) is 17.1 Å². The molecule has 1 atom stereocenters. The molecular weight excluding hydrogens is 232 g/mol. The van der Waals surface area contributed by atoms with E-state index in [0.29, 0.717) is 5.78 Å². The van der Waals surface area contributed by atoms with Gasteiger partial charge in [0.25, 0.3) is 0 Å². The Hall–Kier alpha value is -1.63. The Morgan fingerprint density at radius 1 is 1.05 bits per heavy atom. The van der Waals surface area contributed by atoms with Crippen molar-refractivity contribution in [2.45, 2.75) is 34.1 Å². The second-order valence-electron chi connectivity index (χ2n) is 6.36. The molecule has 0 radical (unpaired) electrons. The van der Waals surface area contributed by atoms with Gasteiger partial charge in [0.15, 0.2) is 0 Å². The fourth-order valence-electron chi connectivity index (χ4n) is 2.63. The number of hydrogen-bond acceptors (Lipinski definition) is 1. The molecule has 0 saturated heterocycles. The summed E-state index contributed by atoms with van der Waals surface area (Å²) in [7, 11) is 0. The lowest BCUT2D eigenvalue weighted by Crippen LogP contribution is -2.27. The van der Waals surface area contributed by atoms with Gasteiger partial charge in [-0.1, -0.05) is 70.2 Å². The number of fused-ring (bicyclic) bond motifs is 1. The molecule has 0 spiro atoms. The maximum Gasteiger partial charge on any atom is 0.141 e. The van der Waals surface area contributed by atoms with Crippen molar-refractivity contribution in [3.8, 4) is 0 Å². The zero-order valence-corrected chi connectivity index (χ0v) is 12.2. The quantitative estimate of drug-likeness (QED) is 0.780. The summed E-state index contributed by atoms with van der Waals surface area (Å²) in [6, 6.07) is 14.7. The van der Waals surface area contributed by atoms with Gasteiger partial charge in [0.1, 0.15) is 5.78 Å². The van der Waals surface area contributed by atoms with Crippen LogP contribution >= 0.6 is 0 Å². The first kappa shape index (κ1) is 13.8. The van der Waals surface area contributed by atoms with Crippen LogP contribution in [0, 0.1) is 11.3 Å². The highest BCUT2D eigenvalue weighted by atomic mass is 16.1. The average molecular weight is 254 g/mol. The van der Waals surface area contributed by atoms with E-state index >= 15 is 0 Å². The first-order chi connectivity index (χ1) is 8.89. The first-order valence-electron chi connectivity index (χ1n) is 6.90. The molecule has 2 aromatic rings. The molecule has 100 valence electrons. The van der Waals surface area contributed by atoms with Gasteiger partial charge in [0.05, 0.1) is 0 Å². The second-order valence-corrected chi connectivity index (χ2v) is 6.36. The number of Topliss-reactive ketones (excluding diaryl/α,β-unsaturated/α-hetero) is 1. The Balaban J connectivity index is 2.29. The highest BCUT2D eigenvalue weighted by Gasteiger charge is 2.26. The summed E-state index contributed by atoms with van der Waals surface area (Å²) < 4.78 is 0. The zero-order chi connectivity index (χ0) is 14.0. The smallest absolute Gasteiger partial charge is 0.141 e. The molecule has 2 aromatic carbocycles. The normalized spacial score (nSPS) is 13.5. The lowest BCUT2D eigenvalue weighted by Gasteiger charge is -2.22. The van der Waals surface area contributed by atoms with Crippen molar-refractivity contribution in [2.75, 3.05) is 0 Å². The largest absolute Gasteiger partial charge is 0.299 e. The number of carbonyl (C=O) groups is 1. The molecule has 0 aliphatic rings. The number of rotatable bonds is 3. The summed E-state index contributed by atoms with van der Waals surface area (Å²) in [5.41, 5.74) is 1.01. The van der Waals surface area contributed by atoms with Gasteiger partial charge in [0.2, 0.25) is 0 Å². The van der Waals surface area contributed by atoms with Crippen molar-refractivity contribution in [1.82, 2.24) is 0 Å². The summed E-state index contributed by atoms with van der Waals surface area (Å²) in [4.78, 5) is 12.3. The highest BCUT2D eigenvalue weighted by Crippen LogP contribution is 2.26. The van der Waals surface area contributed by atoms with Crippen LogP contribution in [0.4, 0.5) is 0 Å². The van der Waals surface area contributed by atoms with Crippen LogP contribution in [0.5, 0.6) is 0 Å². The highest BCUT2D eigenvalue weighted by molar-refractivity contribution is 5.88. The SMILES string of the molecule is CC(Cc1cccc2ccccc12)C(=O)C(C)(C)C. The van der Waals surface area contributed by atoms with E-state index in [1.54, 1.807) is 0 Å². The van der Waals surface area contributed by atoms with E-state index in [0.717, 1.165) is 6.42 Å². The van der Waals surface area contributed by atoms with E-state index in [9.17, 15) is 4.79 Å². The van der Waals surface area contributed by atoms with Crippen LogP contribution in [-0.4, -0.2) is 5.78 Å². The first-order valence-corrected chi connectivity index (χ1v) is 6.90. The molecule has 1 heteroatoms. The van der Waals surface area contributed by atoms with E-state index in [1.807, 2.05) is 27.7 Å². The van der Waals surface area contributed by atoms with Crippen LogP contribution in [0.15, 0.2) is 42.5 Å². The Bertz CT molecular complexity index is 585. The minimum Gasteiger partial charge on any atom is -0.299 e. The predicted octanol–water partition coefficient (Wildman–Crippen LogP) is 4.63. The van der Waals surface area contributed by atoms with E-state index < -0.39 is 0 Å².